The average molecular weight is 335 g/mol. The number of nitrogens with one attached hydrogen (secondary N) is 1. The fourth-order valence-corrected chi connectivity index (χ4v) is 1.61. The maximum Gasteiger partial charge on any atom is 0.119 e. The quantitative estimate of drug-likeness (QED) is 0.450. The Kier molecular flexibility index (Phi) is 7.33. The van der Waals surface area contributed by atoms with Crippen molar-refractivity contribution in [2.45, 2.75) is 6.42 Å². The maximum absolute atomic E-state index is 5.57. The van der Waals surface area contributed by atoms with Crippen LogP contribution in [0.5, 0.6) is 11.5 Å². The molecule has 1 N–H and O–H groups in total. The van der Waals surface area contributed by atoms with Gasteiger partial charge in [0.15, 0.2) is 0 Å². The van der Waals surface area contributed by atoms with Gasteiger partial charge in [0.25, 0.3) is 0 Å². The summed E-state index contributed by atoms with van der Waals surface area (Å²) >= 11 is 2.38. The number of halogens is 1. The van der Waals surface area contributed by atoms with E-state index in [2.05, 4.69) is 27.9 Å². The summed E-state index contributed by atoms with van der Waals surface area (Å²) in [6.07, 6.45) is 1.21. The van der Waals surface area contributed by atoms with E-state index < -0.39 is 0 Å². The minimum atomic E-state index is 0.702. The molecule has 0 radical (unpaired) electrons. The Morgan fingerprint density at radius 3 is 2.44 bits per heavy atom. The summed E-state index contributed by atoms with van der Waals surface area (Å²) < 4.78 is 11.8. The lowest BCUT2D eigenvalue weighted by Gasteiger charge is -2.07. The molecule has 0 aliphatic carbocycles. The molecule has 0 aliphatic rings. The highest BCUT2D eigenvalue weighted by molar-refractivity contribution is 14.1. The average Bonchev–Trinajstić information content (AvgIpc) is 2.34. The smallest absolute Gasteiger partial charge is 0.119 e. The second-order valence-corrected chi connectivity index (χ2v) is 4.40. The van der Waals surface area contributed by atoms with Gasteiger partial charge in [0.2, 0.25) is 0 Å². The van der Waals surface area contributed by atoms with E-state index in [1.54, 1.807) is 7.11 Å². The molecule has 0 saturated carbocycles. The van der Waals surface area contributed by atoms with Crippen molar-refractivity contribution in [1.82, 2.24) is 5.32 Å². The van der Waals surface area contributed by atoms with Crippen LogP contribution in [0.3, 0.4) is 0 Å². The minimum absolute atomic E-state index is 0.702. The van der Waals surface area contributed by atoms with Crippen molar-refractivity contribution in [2.75, 3.05) is 31.2 Å². The van der Waals surface area contributed by atoms with Crippen molar-refractivity contribution in [1.29, 1.82) is 0 Å². The summed E-state index contributed by atoms with van der Waals surface area (Å²) in [4.78, 5) is 0. The second kappa shape index (κ2) is 8.64. The van der Waals surface area contributed by atoms with Gasteiger partial charge in [0.1, 0.15) is 18.1 Å². The number of hydrogen-bond acceptors (Lipinski definition) is 3. The molecule has 0 bridgehead atoms. The third-order valence-electron chi connectivity index (χ3n) is 2.09. The molecule has 1 rings (SSSR count). The van der Waals surface area contributed by atoms with Crippen LogP contribution in [0, 0.1) is 0 Å². The summed E-state index contributed by atoms with van der Waals surface area (Å²) in [6, 6.07) is 7.64. The van der Waals surface area contributed by atoms with Crippen molar-refractivity contribution < 1.29 is 9.47 Å². The summed E-state index contributed by atoms with van der Waals surface area (Å²) in [5, 5.41) is 3.32. The molecule has 0 atom stereocenters. The SMILES string of the molecule is COc1ccc(OCCNCCCI)cc1. The van der Waals surface area contributed by atoms with E-state index >= 15 is 0 Å². The molecular weight excluding hydrogens is 317 g/mol. The van der Waals surface area contributed by atoms with Crippen LogP contribution < -0.4 is 14.8 Å². The summed E-state index contributed by atoms with van der Waals surface area (Å²) in [7, 11) is 1.66. The zero-order valence-electron chi connectivity index (χ0n) is 9.54. The topological polar surface area (TPSA) is 30.5 Å². The number of ether oxygens (including phenoxy) is 2. The lowest BCUT2D eigenvalue weighted by Crippen LogP contribution is -2.22. The largest absolute Gasteiger partial charge is 0.497 e. The van der Waals surface area contributed by atoms with Crippen LogP contribution in [-0.4, -0.2) is 31.2 Å². The van der Waals surface area contributed by atoms with E-state index in [-0.39, 0.29) is 0 Å². The zero-order chi connectivity index (χ0) is 11.6. The molecule has 1 aromatic rings. The molecule has 0 unspecified atom stereocenters. The van der Waals surface area contributed by atoms with Gasteiger partial charge in [0, 0.05) is 11.0 Å². The summed E-state index contributed by atoms with van der Waals surface area (Å²) in [5.41, 5.74) is 0. The van der Waals surface area contributed by atoms with Crippen LogP contribution in [0.4, 0.5) is 0 Å². The molecule has 90 valence electrons. The third kappa shape index (κ3) is 5.55. The lowest BCUT2D eigenvalue weighted by atomic mass is 10.3. The van der Waals surface area contributed by atoms with Gasteiger partial charge >= 0.3 is 0 Å². The highest BCUT2D eigenvalue weighted by atomic mass is 127. The van der Waals surface area contributed by atoms with Gasteiger partial charge in [-0.15, -0.1) is 0 Å². The first kappa shape index (κ1) is 13.6. The molecule has 0 fully saturated rings. The number of benzene rings is 1. The number of rotatable bonds is 8. The van der Waals surface area contributed by atoms with Gasteiger partial charge < -0.3 is 14.8 Å². The monoisotopic (exact) mass is 335 g/mol. The van der Waals surface area contributed by atoms with E-state index in [4.69, 9.17) is 9.47 Å². The van der Waals surface area contributed by atoms with Gasteiger partial charge in [0.05, 0.1) is 7.11 Å². The first-order chi connectivity index (χ1) is 7.86. The Balaban J connectivity index is 2.12. The van der Waals surface area contributed by atoms with Crippen molar-refractivity contribution in [2.24, 2.45) is 0 Å². The van der Waals surface area contributed by atoms with E-state index in [1.165, 1.54) is 10.8 Å². The van der Waals surface area contributed by atoms with Gasteiger partial charge in [-0.2, -0.15) is 0 Å². The van der Waals surface area contributed by atoms with Gasteiger partial charge in [-0.1, -0.05) is 22.6 Å². The standard InChI is InChI=1S/C12H18INO2/c1-15-11-3-5-12(6-4-11)16-10-9-14-8-2-7-13/h3-6,14H,2,7-10H2,1H3. The Morgan fingerprint density at radius 1 is 1.12 bits per heavy atom. The van der Waals surface area contributed by atoms with Crippen LogP contribution >= 0.6 is 22.6 Å². The highest BCUT2D eigenvalue weighted by Crippen LogP contribution is 2.16. The first-order valence-electron chi connectivity index (χ1n) is 5.40. The number of hydrogen-bond donors (Lipinski definition) is 1. The molecule has 0 heterocycles. The fourth-order valence-electron chi connectivity index (χ4n) is 1.23. The molecule has 0 saturated heterocycles. The van der Waals surface area contributed by atoms with E-state index in [0.717, 1.165) is 24.6 Å². The summed E-state index contributed by atoms with van der Waals surface area (Å²) in [5.74, 6) is 1.74. The zero-order valence-corrected chi connectivity index (χ0v) is 11.7. The van der Waals surface area contributed by atoms with Gasteiger partial charge in [-0.3, -0.25) is 0 Å². The number of methoxy groups -OCH3 is 1. The van der Waals surface area contributed by atoms with Crippen molar-refractivity contribution >= 4 is 22.6 Å². The molecule has 0 amide bonds. The molecule has 1 aromatic carbocycles. The Morgan fingerprint density at radius 2 is 1.81 bits per heavy atom. The van der Waals surface area contributed by atoms with Crippen LogP contribution in [0.1, 0.15) is 6.42 Å². The lowest BCUT2D eigenvalue weighted by molar-refractivity contribution is 0.313. The normalized spacial score (nSPS) is 10.1. The molecular formula is C12H18INO2. The van der Waals surface area contributed by atoms with Crippen molar-refractivity contribution in [3.8, 4) is 11.5 Å². The predicted octanol–water partition coefficient (Wildman–Crippen LogP) is 2.49. The predicted molar refractivity (Wildman–Crippen MR) is 74.9 cm³/mol. The molecule has 3 nitrogen and oxygen atoms in total. The van der Waals surface area contributed by atoms with Crippen molar-refractivity contribution in [3.05, 3.63) is 24.3 Å². The molecule has 0 aromatic heterocycles. The second-order valence-electron chi connectivity index (χ2n) is 3.32. The molecule has 16 heavy (non-hydrogen) atoms. The number of alkyl halides is 1. The van der Waals surface area contributed by atoms with Crippen LogP contribution in [0.25, 0.3) is 0 Å². The molecule has 4 heteroatoms. The van der Waals surface area contributed by atoms with Crippen molar-refractivity contribution in [3.63, 3.8) is 0 Å². The van der Waals surface area contributed by atoms with E-state index in [1.807, 2.05) is 24.3 Å². The molecule has 0 aliphatic heterocycles. The van der Waals surface area contributed by atoms with E-state index in [0.29, 0.717) is 6.61 Å². The first-order valence-corrected chi connectivity index (χ1v) is 6.93. The fraction of sp³-hybridized carbons (Fsp3) is 0.500. The third-order valence-corrected chi connectivity index (χ3v) is 2.86. The van der Waals surface area contributed by atoms with Crippen LogP contribution in [0.2, 0.25) is 0 Å². The maximum atomic E-state index is 5.57. The van der Waals surface area contributed by atoms with Gasteiger partial charge in [-0.25, -0.2) is 0 Å². The Labute approximate surface area is 111 Å². The van der Waals surface area contributed by atoms with Crippen LogP contribution in [0.15, 0.2) is 24.3 Å². The van der Waals surface area contributed by atoms with Crippen LogP contribution in [-0.2, 0) is 0 Å². The minimum Gasteiger partial charge on any atom is -0.497 e. The Hall–Kier alpha value is -0.490. The highest BCUT2D eigenvalue weighted by Gasteiger charge is 1.94. The Bertz CT molecular complexity index is 277. The van der Waals surface area contributed by atoms with Gasteiger partial charge in [-0.05, 0) is 37.2 Å². The molecule has 0 spiro atoms. The van der Waals surface area contributed by atoms with E-state index in [9.17, 15) is 0 Å². The summed E-state index contributed by atoms with van der Waals surface area (Å²) in [6.45, 7) is 2.66.